The predicted octanol–water partition coefficient (Wildman–Crippen LogP) is 3.73. The van der Waals surface area contributed by atoms with Crippen LogP contribution in [0.4, 0.5) is 13.2 Å². The lowest BCUT2D eigenvalue weighted by atomic mass is 9.75. The normalized spacial score (nSPS) is 24.7. The van der Waals surface area contributed by atoms with Crippen molar-refractivity contribution in [1.29, 1.82) is 0 Å². The lowest BCUT2D eigenvalue weighted by molar-refractivity contribution is -0.179. The number of aliphatic hydroxyl groups excluding tert-OH is 2. The van der Waals surface area contributed by atoms with Crippen molar-refractivity contribution in [1.82, 2.24) is 4.90 Å². The Morgan fingerprint density at radius 2 is 1.88 bits per heavy atom. The van der Waals surface area contributed by atoms with Gasteiger partial charge in [-0.1, -0.05) is 20.8 Å². The molecule has 0 spiro atoms. The molecule has 2 N–H and O–H groups in total. The number of benzene rings is 1. The summed E-state index contributed by atoms with van der Waals surface area (Å²) in [6.45, 7) is 6.23. The molecule has 0 aromatic heterocycles. The number of hydrogen-bond acceptors (Lipinski definition) is 6. The van der Waals surface area contributed by atoms with Crippen LogP contribution in [0.1, 0.15) is 50.8 Å². The SMILES string of the molecule is COc1cc2c(cc1OCC(O)COCC(F)(F)F)CCN1C[C@@H](CC(C)(C)C)[C@H](O)C[C@H]21. The van der Waals surface area contributed by atoms with Crippen LogP contribution in [0, 0.1) is 11.3 Å². The summed E-state index contributed by atoms with van der Waals surface area (Å²) in [6.07, 6.45) is -3.55. The highest BCUT2D eigenvalue weighted by molar-refractivity contribution is 5.49. The predicted molar refractivity (Wildman–Crippen MR) is 118 cm³/mol. The summed E-state index contributed by atoms with van der Waals surface area (Å²) >= 11 is 0. The molecule has 1 saturated heterocycles. The Labute approximate surface area is 193 Å². The molecule has 0 saturated carbocycles. The van der Waals surface area contributed by atoms with Gasteiger partial charge in [0.2, 0.25) is 0 Å². The Balaban J connectivity index is 1.66. The number of halogens is 3. The van der Waals surface area contributed by atoms with E-state index < -0.39 is 25.5 Å². The highest BCUT2D eigenvalue weighted by atomic mass is 19.4. The third-order valence-electron chi connectivity index (χ3n) is 6.25. The summed E-state index contributed by atoms with van der Waals surface area (Å²) in [5.41, 5.74) is 2.35. The van der Waals surface area contributed by atoms with Gasteiger partial charge in [-0.05, 0) is 53.9 Å². The van der Waals surface area contributed by atoms with Crippen molar-refractivity contribution < 1.29 is 37.6 Å². The molecule has 2 aliphatic heterocycles. The van der Waals surface area contributed by atoms with E-state index in [0.29, 0.717) is 17.9 Å². The van der Waals surface area contributed by atoms with Gasteiger partial charge in [0.25, 0.3) is 0 Å². The second-order valence-corrected chi connectivity index (χ2v) is 10.4. The minimum absolute atomic E-state index is 0.101. The third-order valence-corrected chi connectivity index (χ3v) is 6.25. The molecule has 6 nitrogen and oxygen atoms in total. The lowest BCUT2D eigenvalue weighted by Gasteiger charge is -2.47. The van der Waals surface area contributed by atoms with E-state index >= 15 is 0 Å². The summed E-state index contributed by atoms with van der Waals surface area (Å²) in [5, 5.41) is 20.8. The molecule has 2 heterocycles. The third kappa shape index (κ3) is 7.21. The Morgan fingerprint density at radius 1 is 1.15 bits per heavy atom. The van der Waals surface area contributed by atoms with Gasteiger partial charge < -0.3 is 24.4 Å². The quantitative estimate of drug-likeness (QED) is 0.597. The van der Waals surface area contributed by atoms with Crippen molar-refractivity contribution in [2.24, 2.45) is 11.3 Å². The molecule has 4 atom stereocenters. The maximum absolute atomic E-state index is 12.2. The standard InChI is InChI=1S/C24H36F3NO5/c1-23(2,3)10-16-11-28-6-5-15-7-22(33-13-17(29)12-32-14-24(25,26)27)21(31-4)8-18(15)19(28)9-20(16)30/h7-8,16-17,19-20,29-30H,5-6,9-14H2,1-4H3/t16-,17?,19-,20-/m1/s1. The van der Waals surface area contributed by atoms with Crippen LogP contribution >= 0.6 is 0 Å². The molecular weight excluding hydrogens is 439 g/mol. The van der Waals surface area contributed by atoms with Crippen molar-refractivity contribution in [2.75, 3.05) is 40.0 Å². The van der Waals surface area contributed by atoms with Crippen LogP contribution in [0.25, 0.3) is 0 Å². The first-order valence-corrected chi connectivity index (χ1v) is 11.4. The number of methoxy groups -OCH3 is 1. The van der Waals surface area contributed by atoms with Gasteiger partial charge in [-0.2, -0.15) is 13.2 Å². The van der Waals surface area contributed by atoms with E-state index in [1.807, 2.05) is 12.1 Å². The van der Waals surface area contributed by atoms with E-state index in [0.717, 1.165) is 37.1 Å². The number of rotatable bonds is 8. The van der Waals surface area contributed by atoms with Crippen molar-refractivity contribution in [3.8, 4) is 11.5 Å². The van der Waals surface area contributed by atoms with Gasteiger partial charge in [-0.15, -0.1) is 0 Å². The number of piperidine rings is 1. The van der Waals surface area contributed by atoms with Gasteiger partial charge >= 0.3 is 6.18 Å². The molecule has 188 valence electrons. The fraction of sp³-hybridized carbons (Fsp3) is 0.750. The Bertz CT molecular complexity index is 796. The van der Waals surface area contributed by atoms with E-state index in [9.17, 15) is 23.4 Å². The van der Waals surface area contributed by atoms with E-state index in [4.69, 9.17) is 9.47 Å². The van der Waals surface area contributed by atoms with Crippen LogP contribution in [0.3, 0.4) is 0 Å². The first kappa shape index (κ1) is 26.1. The van der Waals surface area contributed by atoms with Gasteiger partial charge in [0.15, 0.2) is 11.5 Å². The number of aliphatic hydroxyl groups is 2. The molecule has 0 amide bonds. The maximum atomic E-state index is 12.2. The Hall–Kier alpha value is -1.55. The van der Waals surface area contributed by atoms with Crippen LogP contribution in [0.15, 0.2) is 12.1 Å². The monoisotopic (exact) mass is 475 g/mol. The number of alkyl halides is 3. The van der Waals surface area contributed by atoms with Crippen LogP contribution in [0.2, 0.25) is 0 Å². The number of nitrogens with zero attached hydrogens (tertiary/aromatic N) is 1. The molecule has 3 rings (SSSR count). The molecule has 1 fully saturated rings. The van der Waals surface area contributed by atoms with Gasteiger partial charge in [0.1, 0.15) is 19.3 Å². The van der Waals surface area contributed by atoms with Gasteiger partial charge in [0, 0.05) is 19.1 Å². The molecule has 9 heteroatoms. The van der Waals surface area contributed by atoms with Crippen LogP contribution in [0.5, 0.6) is 11.5 Å². The van der Waals surface area contributed by atoms with E-state index in [1.165, 1.54) is 7.11 Å². The summed E-state index contributed by atoms with van der Waals surface area (Å²) in [6, 6.07) is 3.90. The minimum Gasteiger partial charge on any atom is -0.493 e. The number of ether oxygens (including phenoxy) is 3. The lowest BCUT2D eigenvalue weighted by Crippen LogP contribution is -2.48. The second kappa shape index (κ2) is 10.4. The van der Waals surface area contributed by atoms with E-state index in [2.05, 4.69) is 30.4 Å². The molecule has 0 aliphatic carbocycles. The zero-order valence-corrected chi connectivity index (χ0v) is 19.8. The fourth-order valence-electron chi connectivity index (χ4n) is 4.90. The smallest absolute Gasteiger partial charge is 0.411 e. The topological polar surface area (TPSA) is 71.4 Å². The first-order valence-electron chi connectivity index (χ1n) is 11.4. The summed E-state index contributed by atoms with van der Waals surface area (Å²) in [7, 11) is 1.52. The Morgan fingerprint density at radius 3 is 2.52 bits per heavy atom. The zero-order valence-electron chi connectivity index (χ0n) is 19.8. The number of fused-ring (bicyclic) bond motifs is 3. The van der Waals surface area contributed by atoms with Crippen molar-refractivity contribution in [2.45, 2.75) is 64.5 Å². The molecule has 1 aromatic rings. The maximum Gasteiger partial charge on any atom is 0.411 e. The summed E-state index contributed by atoms with van der Waals surface area (Å²) < 4.78 is 52.2. The Kier molecular flexibility index (Phi) is 8.19. The summed E-state index contributed by atoms with van der Waals surface area (Å²) in [4.78, 5) is 2.44. The molecule has 33 heavy (non-hydrogen) atoms. The molecule has 0 radical (unpaired) electrons. The largest absolute Gasteiger partial charge is 0.493 e. The van der Waals surface area contributed by atoms with Crippen LogP contribution < -0.4 is 9.47 Å². The molecule has 1 aromatic carbocycles. The molecule has 0 bridgehead atoms. The molecule has 2 aliphatic rings. The van der Waals surface area contributed by atoms with Gasteiger partial charge in [-0.3, -0.25) is 4.90 Å². The molecule has 1 unspecified atom stereocenters. The minimum atomic E-state index is -4.43. The van der Waals surface area contributed by atoms with E-state index in [1.54, 1.807) is 0 Å². The highest BCUT2D eigenvalue weighted by Crippen LogP contribution is 2.44. The average Bonchev–Trinajstić information content (AvgIpc) is 2.70. The van der Waals surface area contributed by atoms with Crippen molar-refractivity contribution in [3.05, 3.63) is 23.3 Å². The van der Waals surface area contributed by atoms with Gasteiger partial charge in [-0.25, -0.2) is 0 Å². The van der Waals surface area contributed by atoms with Crippen molar-refractivity contribution in [3.63, 3.8) is 0 Å². The fourth-order valence-corrected chi connectivity index (χ4v) is 4.90. The summed E-state index contributed by atoms with van der Waals surface area (Å²) in [5.74, 6) is 1.17. The van der Waals surface area contributed by atoms with Gasteiger partial charge in [0.05, 0.1) is 19.8 Å². The zero-order chi connectivity index (χ0) is 24.4. The van der Waals surface area contributed by atoms with Crippen LogP contribution in [-0.2, 0) is 11.2 Å². The first-order chi connectivity index (χ1) is 15.4. The number of hydrogen-bond donors (Lipinski definition) is 2. The highest BCUT2D eigenvalue weighted by Gasteiger charge is 2.40. The average molecular weight is 476 g/mol. The van der Waals surface area contributed by atoms with E-state index in [-0.39, 0.29) is 30.1 Å². The second-order valence-electron chi connectivity index (χ2n) is 10.4. The van der Waals surface area contributed by atoms with Crippen LogP contribution in [-0.4, -0.2) is 73.5 Å². The molecular formula is C24H36F3NO5. The van der Waals surface area contributed by atoms with Crippen molar-refractivity contribution >= 4 is 0 Å².